The standard InChI is InChI=1S/C20H15ClF2N2O4S2/c21-12-3-8-16(15(22)9-12)29-18(19(26)25-20-24-10-17(23)30-20)11-1-4-13(5-2-11)31(27,28)14-6-7-14/h1-5,8-10,14,18H,6-7H2,(H,24,25,26). The summed E-state index contributed by atoms with van der Waals surface area (Å²) in [6, 6.07) is 9.32. The summed E-state index contributed by atoms with van der Waals surface area (Å²) in [5.41, 5.74) is 0.277. The van der Waals surface area contributed by atoms with Crippen molar-refractivity contribution < 1.29 is 26.7 Å². The largest absolute Gasteiger partial charge is 0.473 e. The van der Waals surface area contributed by atoms with Crippen LogP contribution in [0.25, 0.3) is 0 Å². The topological polar surface area (TPSA) is 85.4 Å². The highest BCUT2D eigenvalue weighted by atomic mass is 35.5. The quantitative estimate of drug-likeness (QED) is 0.522. The summed E-state index contributed by atoms with van der Waals surface area (Å²) in [6.07, 6.45) is 0.837. The number of amides is 1. The summed E-state index contributed by atoms with van der Waals surface area (Å²) < 4.78 is 57.9. The second kappa shape index (κ2) is 8.52. The maximum Gasteiger partial charge on any atom is 0.271 e. The number of nitrogens with zero attached hydrogens (tertiary/aromatic N) is 1. The molecule has 0 radical (unpaired) electrons. The molecular weight excluding hydrogens is 470 g/mol. The van der Waals surface area contributed by atoms with E-state index in [-0.39, 0.29) is 31.6 Å². The monoisotopic (exact) mass is 484 g/mol. The summed E-state index contributed by atoms with van der Waals surface area (Å²) in [6.45, 7) is 0. The van der Waals surface area contributed by atoms with Crippen molar-refractivity contribution in [3.63, 3.8) is 0 Å². The van der Waals surface area contributed by atoms with Gasteiger partial charge in [-0.2, -0.15) is 4.39 Å². The van der Waals surface area contributed by atoms with Crippen LogP contribution < -0.4 is 10.1 Å². The van der Waals surface area contributed by atoms with Gasteiger partial charge in [-0.1, -0.05) is 35.1 Å². The molecule has 2 aromatic carbocycles. The van der Waals surface area contributed by atoms with Gasteiger partial charge < -0.3 is 4.74 Å². The molecule has 1 amide bonds. The maximum atomic E-state index is 14.3. The average Bonchev–Trinajstić information content (AvgIpc) is 3.51. The number of rotatable bonds is 7. The lowest BCUT2D eigenvalue weighted by Gasteiger charge is -2.19. The number of thiazole rings is 1. The Morgan fingerprint density at radius 1 is 1.19 bits per heavy atom. The summed E-state index contributed by atoms with van der Waals surface area (Å²) in [4.78, 5) is 16.7. The first-order chi connectivity index (χ1) is 14.7. The van der Waals surface area contributed by atoms with Crippen LogP contribution in [0.4, 0.5) is 13.9 Å². The predicted octanol–water partition coefficient (Wildman–Crippen LogP) is 4.77. The molecule has 1 unspecified atom stereocenters. The summed E-state index contributed by atoms with van der Waals surface area (Å²) in [5, 5.41) is 1.60. The van der Waals surface area contributed by atoms with Crippen molar-refractivity contribution in [2.75, 3.05) is 5.32 Å². The molecule has 3 aromatic rings. The Morgan fingerprint density at radius 3 is 2.48 bits per heavy atom. The van der Waals surface area contributed by atoms with E-state index in [1.165, 1.54) is 36.4 Å². The first kappa shape index (κ1) is 21.7. The van der Waals surface area contributed by atoms with Crippen molar-refractivity contribution >= 4 is 43.8 Å². The zero-order chi connectivity index (χ0) is 22.2. The summed E-state index contributed by atoms with van der Waals surface area (Å²) in [5.74, 6) is -1.75. The van der Waals surface area contributed by atoms with Crippen LogP contribution in [0.3, 0.4) is 0 Å². The van der Waals surface area contributed by atoms with Gasteiger partial charge in [0.15, 0.2) is 31.7 Å². The van der Waals surface area contributed by atoms with Crippen LogP contribution in [0, 0.1) is 10.9 Å². The summed E-state index contributed by atoms with van der Waals surface area (Å²) in [7, 11) is -3.41. The molecule has 11 heteroatoms. The molecule has 0 spiro atoms. The Hall–Kier alpha value is -2.56. The second-order valence-corrected chi connectivity index (χ2v) is 10.5. The number of hydrogen-bond donors (Lipinski definition) is 1. The molecule has 1 aliphatic carbocycles. The second-order valence-electron chi connectivity index (χ2n) is 6.84. The molecule has 1 aliphatic rings. The lowest BCUT2D eigenvalue weighted by molar-refractivity contribution is -0.123. The number of benzene rings is 2. The molecule has 1 saturated carbocycles. The third-order valence-corrected chi connectivity index (χ3v) is 7.77. The number of halogens is 3. The fourth-order valence-electron chi connectivity index (χ4n) is 2.86. The molecule has 1 N–H and O–H groups in total. The van der Waals surface area contributed by atoms with Gasteiger partial charge in [-0.3, -0.25) is 10.1 Å². The SMILES string of the molecule is O=C(Nc1ncc(F)s1)C(Oc1ccc(Cl)cc1F)c1ccc(S(=O)(=O)C2CC2)cc1. The molecule has 4 rings (SSSR count). The highest BCUT2D eigenvalue weighted by molar-refractivity contribution is 7.92. The van der Waals surface area contributed by atoms with Gasteiger partial charge in [0.2, 0.25) is 6.10 Å². The first-order valence-corrected chi connectivity index (χ1v) is 11.9. The Balaban J connectivity index is 1.64. The van der Waals surface area contributed by atoms with Gasteiger partial charge in [0, 0.05) is 10.6 Å². The average molecular weight is 485 g/mol. The maximum absolute atomic E-state index is 14.3. The zero-order valence-corrected chi connectivity index (χ0v) is 18.1. The van der Waals surface area contributed by atoms with Crippen molar-refractivity contribution in [1.82, 2.24) is 4.98 Å². The third-order valence-electron chi connectivity index (χ3n) is 4.56. The van der Waals surface area contributed by atoms with Gasteiger partial charge in [-0.25, -0.2) is 17.8 Å². The first-order valence-electron chi connectivity index (χ1n) is 9.12. The Labute approximate surface area is 185 Å². The fourth-order valence-corrected chi connectivity index (χ4v) is 5.22. The summed E-state index contributed by atoms with van der Waals surface area (Å²) >= 11 is 6.38. The molecule has 0 bridgehead atoms. The molecular formula is C20H15ClF2N2O4S2. The van der Waals surface area contributed by atoms with E-state index < -0.39 is 32.8 Å². The van der Waals surface area contributed by atoms with Gasteiger partial charge in [-0.05, 0) is 43.2 Å². The lowest BCUT2D eigenvalue weighted by Crippen LogP contribution is -2.26. The smallest absolute Gasteiger partial charge is 0.271 e. The van der Waals surface area contributed by atoms with E-state index in [1.54, 1.807) is 0 Å². The minimum absolute atomic E-state index is 0.000564. The highest BCUT2D eigenvalue weighted by Gasteiger charge is 2.37. The number of ether oxygens (including phenoxy) is 1. The van der Waals surface area contributed by atoms with Crippen LogP contribution in [-0.2, 0) is 14.6 Å². The van der Waals surface area contributed by atoms with E-state index in [0.29, 0.717) is 24.2 Å². The van der Waals surface area contributed by atoms with Crippen molar-refractivity contribution in [3.8, 4) is 5.75 Å². The normalized spacial score (nSPS) is 14.8. The molecule has 1 atom stereocenters. The molecule has 1 aromatic heterocycles. The molecule has 0 aliphatic heterocycles. The Kier molecular flexibility index (Phi) is 5.96. The van der Waals surface area contributed by atoms with E-state index in [2.05, 4.69) is 10.3 Å². The van der Waals surface area contributed by atoms with Crippen LogP contribution in [0.5, 0.6) is 5.75 Å². The van der Waals surface area contributed by atoms with Crippen molar-refractivity contribution in [3.05, 3.63) is 70.2 Å². The van der Waals surface area contributed by atoms with E-state index in [9.17, 15) is 22.0 Å². The van der Waals surface area contributed by atoms with Crippen molar-refractivity contribution in [1.29, 1.82) is 0 Å². The third kappa shape index (κ3) is 4.86. The van der Waals surface area contributed by atoms with E-state index in [1.807, 2.05) is 0 Å². The number of carbonyl (C=O) groups is 1. The zero-order valence-electron chi connectivity index (χ0n) is 15.7. The number of anilines is 1. The van der Waals surface area contributed by atoms with E-state index in [0.717, 1.165) is 12.3 Å². The van der Waals surface area contributed by atoms with E-state index in [4.69, 9.17) is 16.3 Å². The van der Waals surface area contributed by atoms with Crippen LogP contribution in [-0.4, -0.2) is 24.6 Å². The minimum atomic E-state index is -3.41. The predicted molar refractivity (Wildman–Crippen MR) is 112 cm³/mol. The number of sulfone groups is 1. The fraction of sp³-hybridized carbons (Fsp3) is 0.200. The van der Waals surface area contributed by atoms with Gasteiger partial charge in [0.05, 0.1) is 16.3 Å². The van der Waals surface area contributed by atoms with Gasteiger partial charge in [0.25, 0.3) is 5.91 Å². The molecule has 1 heterocycles. The van der Waals surface area contributed by atoms with Crippen LogP contribution >= 0.6 is 22.9 Å². The van der Waals surface area contributed by atoms with Crippen molar-refractivity contribution in [2.24, 2.45) is 0 Å². The highest BCUT2D eigenvalue weighted by Crippen LogP contribution is 2.34. The van der Waals surface area contributed by atoms with Crippen LogP contribution in [0.15, 0.2) is 53.6 Å². The van der Waals surface area contributed by atoms with Crippen molar-refractivity contribution in [2.45, 2.75) is 29.1 Å². The van der Waals surface area contributed by atoms with E-state index >= 15 is 0 Å². The Morgan fingerprint density at radius 2 is 1.90 bits per heavy atom. The lowest BCUT2D eigenvalue weighted by atomic mass is 10.1. The Bertz CT molecular complexity index is 1230. The molecule has 6 nitrogen and oxygen atoms in total. The van der Waals surface area contributed by atoms with Crippen LogP contribution in [0.2, 0.25) is 5.02 Å². The van der Waals surface area contributed by atoms with Gasteiger partial charge in [0.1, 0.15) is 0 Å². The van der Waals surface area contributed by atoms with Crippen LogP contribution in [0.1, 0.15) is 24.5 Å². The minimum Gasteiger partial charge on any atom is -0.473 e. The molecule has 31 heavy (non-hydrogen) atoms. The van der Waals surface area contributed by atoms with Gasteiger partial charge >= 0.3 is 0 Å². The molecule has 1 fully saturated rings. The number of aromatic nitrogens is 1. The number of carbonyl (C=O) groups excluding carboxylic acids is 1. The molecule has 0 saturated heterocycles. The number of hydrogen-bond acceptors (Lipinski definition) is 6. The van der Waals surface area contributed by atoms with Gasteiger partial charge in [-0.15, -0.1) is 0 Å². The molecule has 162 valence electrons. The number of nitrogens with one attached hydrogen (secondary N) is 1.